The normalized spacial score (nSPS) is 17.7. The van der Waals surface area contributed by atoms with Gasteiger partial charge in [0, 0.05) is 0 Å². The van der Waals surface area contributed by atoms with Crippen molar-refractivity contribution >= 4 is 17.9 Å². The van der Waals surface area contributed by atoms with Gasteiger partial charge in [0.1, 0.15) is 30.8 Å². The first-order chi connectivity index (χ1) is 19.1. The Morgan fingerprint density at radius 2 is 1.49 bits per heavy atom. The van der Waals surface area contributed by atoms with Crippen LogP contribution in [0, 0.1) is 22.2 Å². The standard InChI is InChI=1S/C12H16O3.C11H20O3.C9H16O3/c1-4-12(2,3)11(14)15-10-7-5-9(13)6-8-10;1-4-9(3)10(12)14-8-11(5-2)6-13-7-11;1-4-9(2,3)8(10)12-6-7-5-11-7/h5-8,13H,4H2,1-3H3;9H,4-8H2,1-3H3;7H,4-6H2,1-3H3. The number of carbonyl (C=O) groups is 3. The molecule has 0 amide bonds. The molecule has 2 fully saturated rings. The number of esters is 3. The second-order valence-electron chi connectivity index (χ2n) is 12.2. The molecule has 41 heavy (non-hydrogen) atoms. The van der Waals surface area contributed by atoms with Crippen molar-refractivity contribution in [3.8, 4) is 11.5 Å². The molecule has 0 saturated carbocycles. The van der Waals surface area contributed by atoms with E-state index in [9.17, 15) is 14.4 Å². The molecule has 0 aromatic heterocycles. The van der Waals surface area contributed by atoms with Crippen LogP contribution in [0.4, 0.5) is 0 Å². The average molecular weight is 581 g/mol. The molecule has 3 rings (SSSR count). The van der Waals surface area contributed by atoms with E-state index in [1.54, 1.807) is 12.1 Å². The lowest BCUT2D eigenvalue weighted by Gasteiger charge is -2.40. The fraction of sp³-hybridized carbons (Fsp3) is 0.719. The summed E-state index contributed by atoms with van der Waals surface area (Å²) in [6.45, 7) is 20.5. The van der Waals surface area contributed by atoms with Crippen LogP contribution < -0.4 is 4.74 Å². The maximum absolute atomic E-state index is 11.7. The second kappa shape index (κ2) is 16.7. The number of benzene rings is 1. The van der Waals surface area contributed by atoms with Gasteiger partial charge in [-0.15, -0.1) is 0 Å². The Morgan fingerprint density at radius 3 is 1.90 bits per heavy atom. The van der Waals surface area contributed by atoms with E-state index in [0.717, 1.165) is 45.5 Å². The molecular formula is C32H52O9. The first-order valence-corrected chi connectivity index (χ1v) is 14.7. The van der Waals surface area contributed by atoms with Crippen LogP contribution in [0.15, 0.2) is 24.3 Å². The third kappa shape index (κ3) is 12.8. The van der Waals surface area contributed by atoms with Gasteiger partial charge in [0.05, 0.1) is 42.0 Å². The molecule has 1 aromatic rings. The molecule has 9 nitrogen and oxygen atoms in total. The minimum atomic E-state index is -0.474. The molecule has 2 aliphatic heterocycles. The van der Waals surface area contributed by atoms with E-state index in [1.165, 1.54) is 12.1 Å². The molecule has 2 atom stereocenters. The van der Waals surface area contributed by atoms with E-state index in [4.69, 9.17) is 28.8 Å². The van der Waals surface area contributed by atoms with Gasteiger partial charge in [-0.3, -0.25) is 14.4 Å². The molecule has 1 aromatic carbocycles. The third-order valence-electron chi connectivity index (χ3n) is 7.82. The summed E-state index contributed by atoms with van der Waals surface area (Å²) >= 11 is 0. The SMILES string of the molecule is CCC(C)(C)C(=O)OCC1CO1.CCC(C)(C)C(=O)Oc1ccc(O)cc1.CCC(C)C(=O)OCC1(CC)COC1. The number of phenols is 1. The summed E-state index contributed by atoms with van der Waals surface area (Å²) in [5.74, 6) is 0.178. The van der Waals surface area contributed by atoms with Gasteiger partial charge in [-0.2, -0.15) is 0 Å². The van der Waals surface area contributed by atoms with Gasteiger partial charge in [0.15, 0.2) is 0 Å². The van der Waals surface area contributed by atoms with Crippen LogP contribution in [0.25, 0.3) is 0 Å². The fourth-order valence-corrected chi connectivity index (χ4v) is 2.89. The van der Waals surface area contributed by atoms with Crippen LogP contribution in [0.5, 0.6) is 11.5 Å². The number of hydrogen-bond donors (Lipinski definition) is 1. The molecular weight excluding hydrogens is 528 g/mol. The van der Waals surface area contributed by atoms with Gasteiger partial charge < -0.3 is 28.8 Å². The monoisotopic (exact) mass is 580 g/mol. The zero-order valence-electron chi connectivity index (χ0n) is 26.5. The smallest absolute Gasteiger partial charge is 0.316 e. The van der Waals surface area contributed by atoms with E-state index in [1.807, 2.05) is 55.4 Å². The van der Waals surface area contributed by atoms with Crippen molar-refractivity contribution in [1.82, 2.24) is 0 Å². The summed E-state index contributed by atoms with van der Waals surface area (Å²) in [5, 5.41) is 9.06. The van der Waals surface area contributed by atoms with Crippen LogP contribution in [0.1, 0.15) is 88.0 Å². The van der Waals surface area contributed by atoms with Gasteiger partial charge in [0.25, 0.3) is 0 Å². The topological polar surface area (TPSA) is 121 Å². The van der Waals surface area contributed by atoms with Crippen molar-refractivity contribution in [3.05, 3.63) is 24.3 Å². The zero-order valence-corrected chi connectivity index (χ0v) is 26.5. The molecule has 0 spiro atoms. The lowest BCUT2D eigenvalue weighted by molar-refractivity contribution is -0.173. The summed E-state index contributed by atoms with van der Waals surface area (Å²) in [6, 6.07) is 6.11. The molecule has 234 valence electrons. The van der Waals surface area contributed by atoms with E-state index in [-0.39, 0.29) is 46.5 Å². The van der Waals surface area contributed by atoms with Crippen molar-refractivity contribution in [3.63, 3.8) is 0 Å². The number of ether oxygens (including phenoxy) is 5. The van der Waals surface area contributed by atoms with E-state index >= 15 is 0 Å². The Hall–Kier alpha value is -2.65. The lowest BCUT2D eigenvalue weighted by Crippen LogP contribution is -2.46. The highest BCUT2D eigenvalue weighted by atomic mass is 16.6. The van der Waals surface area contributed by atoms with Crippen LogP contribution >= 0.6 is 0 Å². The minimum Gasteiger partial charge on any atom is -0.508 e. The predicted octanol–water partition coefficient (Wildman–Crippen LogP) is 6.10. The summed E-state index contributed by atoms with van der Waals surface area (Å²) in [6.07, 6.45) is 3.55. The van der Waals surface area contributed by atoms with Crippen molar-refractivity contribution in [2.24, 2.45) is 22.2 Å². The Balaban J connectivity index is 0.000000309. The molecule has 0 aliphatic carbocycles. The van der Waals surface area contributed by atoms with Crippen molar-refractivity contribution in [2.45, 2.75) is 94.1 Å². The van der Waals surface area contributed by atoms with Crippen LogP contribution in [-0.2, 0) is 33.3 Å². The van der Waals surface area contributed by atoms with E-state index in [2.05, 4.69) is 6.92 Å². The maximum Gasteiger partial charge on any atom is 0.316 e. The number of aromatic hydroxyl groups is 1. The Kier molecular flexibility index (Phi) is 14.8. The minimum absolute atomic E-state index is 0.0184. The van der Waals surface area contributed by atoms with Crippen molar-refractivity contribution in [1.29, 1.82) is 0 Å². The lowest BCUT2D eigenvalue weighted by atomic mass is 9.84. The molecule has 2 unspecified atom stereocenters. The third-order valence-corrected chi connectivity index (χ3v) is 7.82. The largest absolute Gasteiger partial charge is 0.508 e. The Bertz CT molecular complexity index is 939. The molecule has 2 heterocycles. The summed E-state index contributed by atoms with van der Waals surface area (Å²) < 4.78 is 25.6. The number of carbonyl (C=O) groups excluding carboxylic acids is 3. The molecule has 1 N–H and O–H groups in total. The molecule has 2 aliphatic rings. The predicted molar refractivity (Wildman–Crippen MR) is 157 cm³/mol. The maximum atomic E-state index is 11.7. The Morgan fingerprint density at radius 1 is 0.951 bits per heavy atom. The number of rotatable bonds is 12. The fourth-order valence-electron chi connectivity index (χ4n) is 2.89. The summed E-state index contributed by atoms with van der Waals surface area (Å²) in [5.41, 5.74) is -0.712. The highest BCUT2D eigenvalue weighted by Gasteiger charge is 2.38. The molecule has 0 bridgehead atoms. The average Bonchev–Trinajstić information content (AvgIpc) is 3.77. The highest BCUT2D eigenvalue weighted by Crippen LogP contribution is 2.31. The van der Waals surface area contributed by atoms with Gasteiger partial charge in [-0.05, 0) is 77.6 Å². The molecule has 2 saturated heterocycles. The number of phenolic OH excluding ortho intramolecular Hbond substituents is 1. The summed E-state index contributed by atoms with van der Waals surface area (Å²) in [4.78, 5) is 34.4. The van der Waals surface area contributed by atoms with Crippen molar-refractivity contribution in [2.75, 3.05) is 33.0 Å². The van der Waals surface area contributed by atoms with Gasteiger partial charge in [-0.1, -0.05) is 34.6 Å². The van der Waals surface area contributed by atoms with Crippen LogP contribution in [0.2, 0.25) is 0 Å². The highest BCUT2D eigenvalue weighted by molar-refractivity contribution is 5.78. The van der Waals surface area contributed by atoms with Gasteiger partial charge in [0.2, 0.25) is 0 Å². The quantitative estimate of drug-likeness (QED) is 0.178. The van der Waals surface area contributed by atoms with Crippen molar-refractivity contribution < 1.29 is 43.2 Å². The zero-order chi connectivity index (χ0) is 31.3. The van der Waals surface area contributed by atoms with E-state index in [0.29, 0.717) is 19.0 Å². The first kappa shape index (κ1) is 36.4. The summed E-state index contributed by atoms with van der Waals surface area (Å²) in [7, 11) is 0. The molecule has 0 radical (unpaired) electrons. The van der Waals surface area contributed by atoms with Gasteiger partial charge >= 0.3 is 17.9 Å². The Labute approximate surface area is 246 Å². The second-order valence-corrected chi connectivity index (χ2v) is 12.2. The van der Waals surface area contributed by atoms with Gasteiger partial charge in [-0.25, -0.2) is 0 Å². The van der Waals surface area contributed by atoms with Crippen LogP contribution in [-0.4, -0.2) is 62.2 Å². The van der Waals surface area contributed by atoms with E-state index < -0.39 is 5.41 Å². The van der Waals surface area contributed by atoms with Crippen LogP contribution in [0.3, 0.4) is 0 Å². The number of epoxide rings is 1. The first-order valence-electron chi connectivity index (χ1n) is 14.7. The number of hydrogen-bond acceptors (Lipinski definition) is 9. The molecule has 9 heteroatoms.